The molecule has 2 fully saturated rings. The summed E-state index contributed by atoms with van der Waals surface area (Å²) in [6.07, 6.45) is 7.62. The lowest BCUT2D eigenvalue weighted by Crippen LogP contribution is -2.48. The van der Waals surface area contributed by atoms with Crippen LogP contribution in [0.2, 0.25) is 0 Å². The quantitative estimate of drug-likeness (QED) is 0.718. The lowest BCUT2D eigenvalue weighted by molar-refractivity contribution is -0.148. The lowest BCUT2D eigenvalue weighted by atomic mass is 9.82. The molecule has 2 saturated carbocycles. The van der Waals surface area contributed by atoms with Crippen molar-refractivity contribution in [1.29, 1.82) is 0 Å². The average Bonchev–Trinajstić information content (AvgIpc) is 2.55. The Kier molecular flexibility index (Phi) is 7.04. The maximum atomic E-state index is 12.0. The van der Waals surface area contributed by atoms with Crippen LogP contribution in [0.25, 0.3) is 0 Å². The first kappa shape index (κ1) is 19.2. The topological polar surface area (TPSA) is 90.6 Å². The molecule has 6 heteroatoms. The lowest BCUT2D eigenvalue weighted by Gasteiger charge is -2.37. The van der Waals surface area contributed by atoms with Crippen molar-refractivity contribution in [2.75, 3.05) is 13.2 Å². The fourth-order valence-electron chi connectivity index (χ4n) is 3.66. The minimum absolute atomic E-state index is 0.0157. The Morgan fingerprint density at radius 3 is 2.33 bits per heavy atom. The number of ether oxygens (including phenoxy) is 2. The molecule has 0 radical (unpaired) electrons. The summed E-state index contributed by atoms with van der Waals surface area (Å²) in [5, 5.41) is 3.33. The van der Waals surface area contributed by atoms with Gasteiger partial charge in [-0.25, -0.2) is 0 Å². The van der Waals surface area contributed by atoms with Crippen LogP contribution in [0.5, 0.6) is 0 Å². The highest BCUT2D eigenvalue weighted by Gasteiger charge is 2.32. The molecule has 2 aliphatic carbocycles. The zero-order valence-corrected chi connectivity index (χ0v) is 15.0. The highest BCUT2D eigenvalue weighted by Crippen LogP contribution is 2.29. The van der Waals surface area contributed by atoms with Crippen molar-refractivity contribution in [1.82, 2.24) is 5.32 Å². The summed E-state index contributed by atoms with van der Waals surface area (Å²) in [5.74, 6) is 0.0560. The summed E-state index contributed by atoms with van der Waals surface area (Å²) >= 11 is 0. The Hall–Kier alpha value is -1.14. The highest BCUT2D eigenvalue weighted by atomic mass is 16.5. The molecule has 0 unspecified atom stereocenters. The number of nitrogens with one attached hydrogen (secondary N) is 1. The molecule has 0 amide bonds. The fourth-order valence-corrected chi connectivity index (χ4v) is 3.66. The standard InChI is InChI=1S/C18H32N2O4/c1-13(21)24-16-7-9-18(2,10-8-16)20-11-17(22)23-12-14-3-5-15(19)6-4-14/h14-16,20H,3-12,19H2,1-2H3. The van der Waals surface area contributed by atoms with E-state index in [1.54, 1.807) is 0 Å². The molecule has 0 spiro atoms. The number of hydrogen-bond acceptors (Lipinski definition) is 6. The van der Waals surface area contributed by atoms with Crippen LogP contribution in [0.1, 0.15) is 65.2 Å². The van der Waals surface area contributed by atoms with Gasteiger partial charge in [-0.05, 0) is 64.2 Å². The van der Waals surface area contributed by atoms with Crippen molar-refractivity contribution in [3.63, 3.8) is 0 Å². The molecule has 2 aliphatic rings. The summed E-state index contributed by atoms with van der Waals surface area (Å²) in [5.41, 5.74) is 5.80. The van der Waals surface area contributed by atoms with Gasteiger partial charge in [0.15, 0.2) is 0 Å². The van der Waals surface area contributed by atoms with E-state index in [1.807, 2.05) is 0 Å². The summed E-state index contributed by atoms with van der Waals surface area (Å²) < 4.78 is 10.7. The minimum Gasteiger partial charge on any atom is -0.464 e. The predicted molar refractivity (Wildman–Crippen MR) is 91.3 cm³/mol. The first-order chi connectivity index (χ1) is 11.4. The second-order valence-electron chi connectivity index (χ2n) is 7.69. The molecule has 3 N–H and O–H groups in total. The second-order valence-corrected chi connectivity index (χ2v) is 7.69. The Morgan fingerprint density at radius 2 is 1.75 bits per heavy atom. The van der Waals surface area contributed by atoms with Crippen LogP contribution in [-0.4, -0.2) is 42.8 Å². The third-order valence-corrected chi connectivity index (χ3v) is 5.40. The maximum Gasteiger partial charge on any atom is 0.319 e. The van der Waals surface area contributed by atoms with Crippen molar-refractivity contribution in [2.24, 2.45) is 11.7 Å². The monoisotopic (exact) mass is 340 g/mol. The van der Waals surface area contributed by atoms with Crippen LogP contribution in [0.3, 0.4) is 0 Å². The van der Waals surface area contributed by atoms with Gasteiger partial charge < -0.3 is 20.5 Å². The molecule has 2 rings (SSSR count). The van der Waals surface area contributed by atoms with E-state index in [0.717, 1.165) is 51.4 Å². The molecule has 6 nitrogen and oxygen atoms in total. The van der Waals surface area contributed by atoms with Crippen LogP contribution in [0, 0.1) is 5.92 Å². The van der Waals surface area contributed by atoms with E-state index >= 15 is 0 Å². The molecule has 138 valence electrons. The second kappa shape index (κ2) is 8.81. The number of carbonyl (C=O) groups is 2. The van der Waals surface area contributed by atoms with Crippen LogP contribution in [-0.2, 0) is 19.1 Å². The van der Waals surface area contributed by atoms with Crippen LogP contribution in [0.4, 0.5) is 0 Å². The van der Waals surface area contributed by atoms with Crippen LogP contribution < -0.4 is 11.1 Å². The van der Waals surface area contributed by atoms with Gasteiger partial charge in [-0.15, -0.1) is 0 Å². The van der Waals surface area contributed by atoms with Crippen molar-refractivity contribution >= 4 is 11.9 Å². The molecule has 0 aliphatic heterocycles. The zero-order chi connectivity index (χ0) is 17.6. The molecule has 0 aromatic rings. The summed E-state index contributed by atoms with van der Waals surface area (Å²) in [6.45, 7) is 4.31. The van der Waals surface area contributed by atoms with Gasteiger partial charge in [0.05, 0.1) is 13.2 Å². The van der Waals surface area contributed by atoms with E-state index in [1.165, 1.54) is 6.92 Å². The van der Waals surface area contributed by atoms with Crippen molar-refractivity contribution in [2.45, 2.75) is 82.9 Å². The summed E-state index contributed by atoms with van der Waals surface area (Å²) in [7, 11) is 0. The number of esters is 2. The molecular weight excluding hydrogens is 308 g/mol. The zero-order valence-electron chi connectivity index (χ0n) is 15.0. The largest absolute Gasteiger partial charge is 0.464 e. The molecule has 0 bridgehead atoms. The third kappa shape index (κ3) is 6.40. The predicted octanol–water partition coefficient (Wildman–Crippen LogP) is 1.90. The van der Waals surface area contributed by atoms with Crippen molar-refractivity contribution in [3.05, 3.63) is 0 Å². The van der Waals surface area contributed by atoms with Crippen molar-refractivity contribution in [3.8, 4) is 0 Å². The van der Waals surface area contributed by atoms with Crippen LogP contribution >= 0.6 is 0 Å². The Labute approximate surface area is 144 Å². The molecule has 0 saturated heterocycles. The van der Waals surface area contributed by atoms with Gasteiger partial charge in [0.2, 0.25) is 0 Å². The van der Waals surface area contributed by atoms with E-state index < -0.39 is 0 Å². The summed E-state index contributed by atoms with van der Waals surface area (Å²) in [4.78, 5) is 23.0. The molecule has 0 atom stereocenters. The third-order valence-electron chi connectivity index (χ3n) is 5.40. The summed E-state index contributed by atoms with van der Waals surface area (Å²) in [6, 6.07) is 0.320. The first-order valence-electron chi connectivity index (χ1n) is 9.20. The Balaban J connectivity index is 1.62. The molecule has 0 aromatic carbocycles. The Bertz CT molecular complexity index is 425. The first-order valence-corrected chi connectivity index (χ1v) is 9.20. The van der Waals surface area contributed by atoms with E-state index in [2.05, 4.69) is 12.2 Å². The fraction of sp³-hybridized carbons (Fsp3) is 0.889. The van der Waals surface area contributed by atoms with Gasteiger partial charge >= 0.3 is 11.9 Å². The SMILES string of the molecule is CC(=O)OC1CCC(C)(NCC(=O)OCC2CCC(N)CC2)CC1. The minimum atomic E-state index is -0.219. The Morgan fingerprint density at radius 1 is 1.12 bits per heavy atom. The van der Waals surface area contributed by atoms with Crippen LogP contribution in [0.15, 0.2) is 0 Å². The maximum absolute atomic E-state index is 12.0. The number of hydrogen-bond donors (Lipinski definition) is 2. The van der Waals surface area contributed by atoms with Gasteiger partial charge in [-0.1, -0.05) is 0 Å². The molecular formula is C18H32N2O4. The van der Waals surface area contributed by atoms with Gasteiger partial charge in [0.25, 0.3) is 0 Å². The average molecular weight is 340 g/mol. The smallest absolute Gasteiger partial charge is 0.319 e. The van der Waals surface area contributed by atoms with E-state index in [-0.39, 0.29) is 30.1 Å². The molecule has 0 heterocycles. The van der Waals surface area contributed by atoms with E-state index in [9.17, 15) is 9.59 Å². The number of nitrogens with two attached hydrogens (primary N) is 1. The normalized spacial score (nSPS) is 33.7. The van der Waals surface area contributed by atoms with Crippen molar-refractivity contribution < 1.29 is 19.1 Å². The van der Waals surface area contributed by atoms with Gasteiger partial charge in [-0.2, -0.15) is 0 Å². The number of carbonyl (C=O) groups excluding carboxylic acids is 2. The highest BCUT2D eigenvalue weighted by molar-refractivity contribution is 5.71. The van der Waals surface area contributed by atoms with Gasteiger partial charge in [0, 0.05) is 18.5 Å². The van der Waals surface area contributed by atoms with E-state index in [4.69, 9.17) is 15.2 Å². The van der Waals surface area contributed by atoms with E-state index in [0.29, 0.717) is 18.6 Å². The van der Waals surface area contributed by atoms with Gasteiger partial charge in [-0.3, -0.25) is 9.59 Å². The van der Waals surface area contributed by atoms with Gasteiger partial charge in [0.1, 0.15) is 6.10 Å². The molecule has 0 aromatic heterocycles. The number of rotatable bonds is 6. The molecule has 24 heavy (non-hydrogen) atoms.